The van der Waals surface area contributed by atoms with E-state index in [0.717, 1.165) is 18.2 Å². The first-order valence-corrected chi connectivity index (χ1v) is 4.00. The van der Waals surface area contributed by atoms with Gasteiger partial charge in [-0.15, -0.1) is 0 Å². The molecule has 0 atom stereocenters. The Kier molecular flexibility index (Phi) is 2.83. The van der Waals surface area contributed by atoms with E-state index in [4.69, 9.17) is 5.73 Å². The summed E-state index contributed by atoms with van der Waals surface area (Å²) in [6, 6.07) is 2.06. The van der Waals surface area contributed by atoms with Gasteiger partial charge in [0.15, 0.2) is 0 Å². The second-order valence-corrected chi connectivity index (χ2v) is 2.82. The van der Waals surface area contributed by atoms with Crippen LogP contribution in [0.2, 0.25) is 0 Å². The van der Waals surface area contributed by atoms with Crippen molar-refractivity contribution in [3.05, 3.63) is 29.8 Å². The standard InChI is InChI=1S/C10H9F3N2/c1-3-6-7(10(11,12)13)4-5-8(14)9(6)15-2/h3-5H,1-2,14H2. The first kappa shape index (κ1) is 11.3. The van der Waals surface area contributed by atoms with Crippen molar-refractivity contribution in [2.24, 2.45) is 4.99 Å². The molecule has 2 nitrogen and oxygen atoms in total. The van der Waals surface area contributed by atoms with Crippen LogP contribution in [-0.2, 0) is 6.18 Å². The summed E-state index contributed by atoms with van der Waals surface area (Å²) in [5, 5.41) is 0. The van der Waals surface area contributed by atoms with Crippen LogP contribution >= 0.6 is 0 Å². The number of hydrogen-bond acceptors (Lipinski definition) is 2. The van der Waals surface area contributed by atoms with Crippen molar-refractivity contribution >= 4 is 24.2 Å². The van der Waals surface area contributed by atoms with Gasteiger partial charge in [0.05, 0.1) is 16.9 Å². The highest BCUT2D eigenvalue weighted by Gasteiger charge is 2.33. The van der Waals surface area contributed by atoms with Crippen LogP contribution in [0.25, 0.3) is 6.08 Å². The molecule has 1 aromatic carbocycles. The molecule has 0 amide bonds. The van der Waals surface area contributed by atoms with Gasteiger partial charge >= 0.3 is 6.18 Å². The molecule has 0 fully saturated rings. The van der Waals surface area contributed by atoms with Gasteiger partial charge in [0, 0.05) is 5.56 Å². The number of nitrogens with zero attached hydrogens (tertiary/aromatic N) is 1. The van der Waals surface area contributed by atoms with Crippen molar-refractivity contribution in [3.8, 4) is 0 Å². The Labute approximate surface area is 84.9 Å². The molecule has 0 bridgehead atoms. The molecular formula is C10H9F3N2. The first-order chi connectivity index (χ1) is 6.91. The Morgan fingerprint density at radius 2 is 1.93 bits per heavy atom. The Morgan fingerprint density at radius 3 is 2.33 bits per heavy atom. The van der Waals surface area contributed by atoms with E-state index in [-0.39, 0.29) is 16.9 Å². The van der Waals surface area contributed by atoms with Crippen LogP contribution in [0, 0.1) is 0 Å². The third-order valence-corrected chi connectivity index (χ3v) is 1.92. The molecule has 0 aliphatic heterocycles. The number of alkyl halides is 3. The van der Waals surface area contributed by atoms with Gasteiger partial charge < -0.3 is 5.73 Å². The Morgan fingerprint density at radius 1 is 1.33 bits per heavy atom. The largest absolute Gasteiger partial charge is 0.417 e. The van der Waals surface area contributed by atoms with E-state index >= 15 is 0 Å². The van der Waals surface area contributed by atoms with Gasteiger partial charge in [-0.3, -0.25) is 4.99 Å². The number of anilines is 1. The molecule has 5 heteroatoms. The zero-order valence-corrected chi connectivity index (χ0v) is 7.80. The molecule has 0 aromatic heterocycles. The summed E-state index contributed by atoms with van der Waals surface area (Å²) < 4.78 is 37.6. The summed E-state index contributed by atoms with van der Waals surface area (Å²) in [6.07, 6.45) is -3.38. The topological polar surface area (TPSA) is 38.4 Å². The summed E-state index contributed by atoms with van der Waals surface area (Å²) in [6.45, 7) is 6.49. The van der Waals surface area contributed by atoms with Crippen LogP contribution in [0.15, 0.2) is 23.7 Å². The van der Waals surface area contributed by atoms with Crippen molar-refractivity contribution in [3.63, 3.8) is 0 Å². The van der Waals surface area contributed by atoms with Gasteiger partial charge in [-0.25, -0.2) is 0 Å². The quantitative estimate of drug-likeness (QED) is 0.595. The van der Waals surface area contributed by atoms with Crippen LogP contribution in [0.4, 0.5) is 24.5 Å². The van der Waals surface area contributed by atoms with E-state index in [1.54, 1.807) is 0 Å². The highest BCUT2D eigenvalue weighted by Crippen LogP contribution is 2.39. The predicted molar refractivity (Wildman–Crippen MR) is 55.2 cm³/mol. The van der Waals surface area contributed by atoms with E-state index in [0.29, 0.717) is 0 Å². The number of benzene rings is 1. The molecule has 1 rings (SSSR count). The molecular weight excluding hydrogens is 205 g/mol. The maximum Gasteiger partial charge on any atom is 0.417 e. The lowest BCUT2D eigenvalue weighted by Gasteiger charge is -2.13. The molecule has 1 aromatic rings. The second-order valence-electron chi connectivity index (χ2n) is 2.82. The van der Waals surface area contributed by atoms with E-state index in [9.17, 15) is 13.2 Å². The third kappa shape index (κ3) is 2.01. The van der Waals surface area contributed by atoms with Gasteiger partial charge in [-0.05, 0) is 18.9 Å². The molecule has 80 valence electrons. The van der Waals surface area contributed by atoms with E-state index in [2.05, 4.69) is 18.3 Å². The molecule has 0 spiro atoms. The smallest absolute Gasteiger partial charge is 0.397 e. The van der Waals surface area contributed by atoms with Crippen LogP contribution in [0.1, 0.15) is 11.1 Å². The van der Waals surface area contributed by atoms with E-state index < -0.39 is 11.7 Å². The summed E-state index contributed by atoms with van der Waals surface area (Å²) in [5.41, 5.74) is 4.68. The van der Waals surface area contributed by atoms with Gasteiger partial charge in [0.2, 0.25) is 0 Å². The summed E-state index contributed by atoms with van der Waals surface area (Å²) in [5.74, 6) is 0. The van der Waals surface area contributed by atoms with Gasteiger partial charge in [0.25, 0.3) is 0 Å². The fourth-order valence-corrected chi connectivity index (χ4v) is 1.26. The van der Waals surface area contributed by atoms with Gasteiger partial charge in [-0.2, -0.15) is 13.2 Å². The van der Waals surface area contributed by atoms with Gasteiger partial charge in [-0.1, -0.05) is 12.7 Å². The lowest BCUT2D eigenvalue weighted by molar-refractivity contribution is -0.137. The molecule has 0 saturated carbocycles. The fraction of sp³-hybridized carbons (Fsp3) is 0.100. The number of nitrogen functional groups attached to an aromatic ring is 1. The molecule has 15 heavy (non-hydrogen) atoms. The van der Waals surface area contributed by atoms with Crippen molar-refractivity contribution in [2.75, 3.05) is 5.73 Å². The average Bonchev–Trinajstić information content (AvgIpc) is 2.15. The summed E-state index contributed by atoms with van der Waals surface area (Å²) in [4.78, 5) is 3.47. The van der Waals surface area contributed by atoms with E-state index in [1.807, 2.05) is 0 Å². The Bertz CT molecular complexity index is 408. The van der Waals surface area contributed by atoms with Gasteiger partial charge in [0.1, 0.15) is 0 Å². The lowest BCUT2D eigenvalue weighted by Crippen LogP contribution is -2.08. The number of nitrogens with two attached hydrogens (primary N) is 1. The van der Waals surface area contributed by atoms with Crippen molar-refractivity contribution in [1.29, 1.82) is 0 Å². The zero-order chi connectivity index (χ0) is 11.6. The number of rotatable bonds is 2. The third-order valence-electron chi connectivity index (χ3n) is 1.92. The second kappa shape index (κ2) is 3.76. The normalized spacial score (nSPS) is 11.1. The number of aliphatic imine (C=N–C) groups is 1. The minimum atomic E-state index is -4.45. The summed E-state index contributed by atoms with van der Waals surface area (Å²) in [7, 11) is 0. The maximum absolute atomic E-state index is 12.5. The van der Waals surface area contributed by atoms with Crippen LogP contribution in [0.5, 0.6) is 0 Å². The van der Waals surface area contributed by atoms with Crippen LogP contribution < -0.4 is 5.73 Å². The first-order valence-electron chi connectivity index (χ1n) is 4.00. The van der Waals surface area contributed by atoms with E-state index in [1.165, 1.54) is 0 Å². The molecule has 0 heterocycles. The Hall–Kier alpha value is -1.78. The minimum Gasteiger partial charge on any atom is -0.397 e. The molecule has 0 aliphatic carbocycles. The van der Waals surface area contributed by atoms with Crippen molar-refractivity contribution < 1.29 is 13.2 Å². The van der Waals surface area contributed by atoms with Crippen molar-refractivity contribution in [2.45, 2.75) is 6.18 Å². The fourth-order valence-electron chi connectivity index (χ4n) is 1.26. The highest BCUT2D eigenvalue weighted by atomic mass is 19.4. The number of hydrogen-bond donors (Lipinski definition) is 1. The summed E-state index contributed by atoms with van der Waals surface area (Å²) >= 11 is 0. The zero-order valence-electron chi connectivity index (χ0n) is 7.80. The predicted octanol–water partition coefficient (Wildman–Crippen LogP) is 3.26. The minimum absolute atomic E-state index is 0.0137. The highest BCUT2D eigenvalue weighted by molar-refractivity contribution is 5.78. The molecule has 0 aliphatic rings. The van der Waals surface area contributed by atoms with Crippen LogP contribution in [-0.4, -0.2) is 6.72 Å². The molecule has 0 saturated heterocycles. The SMILES string of the molecule is C=Cc1c(C(F)(F)F)ccc(N)c1N=C. The molecule has 0 unspecified atom stereocenters. The van der Waals surface area contributed by atoms with Crippen LogP contribution in [0.3, 0.4) is 0 Å². The lowest BCUT2D eigenvalue weighted by atomic mass is 10.0. The molecule has 0 radical (unpaired) electrons. The monoisotopic (exact) mass is 214 g/mol. The number of halogens is 3. The average molecular weight is 214 g/mol. The van der Waals surface area contributed by atoms with Crippen molar-refractivity contribution in [1.82, 2.24) is 0 Å². The maximum atomic E-state index is 12.5. The molecule has 2 N–H and O–H groups in total. The Balaban J connectivity index is 3.56.